The maximum atomic E-state index is 9.33. The fourth-order valence-electron chi connectivity index (χ4n) is 0. The third kappa shape index (κ3) is 268000000. The molecule has 313 valence electrons. The molecule has 0 aromatic rings. The summed E-state index contributed by atoms with van der Waals surface area (Å²) in [6.07, 6.45) is 2.50. The molecule has 20 nitrogen and oxygen atoms in total. The van der Waals surface area contributed by atoms with Crippen molar-refractivity contribution in [3.63, 3.8) is 0 Å². The van der Waals surface area contributed by atoms with E-state index in [1.165, 1.54) is 20.1 Å². The van der Waals surface area contributed by atoms with E-state index < -0.39 is 47.8 Å². The number of carboxylic acid groups (broad SMARTS) is 8. The second-order valence-corrected chi connectivity index (χ2v) is 4.65. The molecule has 0 amide bonds. The summed E-state index contributed by atoms with van der Waals surface area (Å²) >= 11 is 0. The normalized spacial score (nSPS) is 4.73. The molecule has 0 bridgehead atoms. The van der Waals surface area contributed by atoms with Gasteiger partial charge in [0, 0.05) is 98.1 Å². The molecule has 0 fully saturated rings. The zero-order valence-electron chi connectivity index (χ0n) is 31.3. The van der Waals surface area contributed by atoms with Crippen LogP contribution in [0.1, 0.15) is 34.6 Å². The summed E-state index contributed by atoms with van der Waals surface area (Å²) in [5.41, 5.74) is 0. The topological polar surface area (TPSA) is 370 Å². The van der Waals surface area contributed by atoms with Gasteiger partial charge in [-0.2, -0.15) is 13.3 Å². The molecule has 0 aliphatic rings. The Morgan fingerprint density at radius 2 is 0.455 bits per heavy atom. The van der Waals surface area contributed by atoms with Crippen LogP contribution in [0.3, 0.4) is 0 Å². The molecule has 0 aliphatic carbocycles. The first-order chi connectivity index (χ1) is 19.8. The molecule has 0 spiro atoms. The minimum absolute atomic E-state index is 0. The van der Waals surface area contributed by atoms with Crippen LogP contribution in [0.5, 0.6) is 0 Å². The van der Waals surface area contributed by atoms with E-state index in [1.807, 2.05) is 6.92 Å². The van der Waals surface area contributed by atoms with Crippen LogP contribution in [0.2, 0.25) is 0 Å². The maximum Gasteiger partial charge on any atom is 3.00 e. The first-order valence-corrected chi connectivity index (χ1v) is 9.65. The van der Waals surface area contributed by atoms with E-state index in [0.29, 0.717) is 6.47 Å². The number of carboxylic acids is 8. The van der Waals surface area contributed by atoms with Gasteiger partial charge < -0.3 is 96.5 Å². The number of Topliss-reactive ketones (excluding diaryl/α,β-unsaturated/α-hetero) is 1. The zero-order valence-corrected chi connectivity index (χ0v) is 48.3. The SMILES string of the molecule is C.C[C-]=O.O=[C-]O.[CH2-]C(=O)O.[CH2-]C(=O)O.[CH2-]C(=O)O.[CH2-]C(=O)O.[CH2-]C(=O)O.[CH2-]C(=O)O.[CH2-]C(=O)O.[CH2-]C(=O)O.[CH2-]C(C)=O.[CH2-]CC.[CH3-].[CH3-].[CH3-].[Y+3].[Y+3].[Y+3].[Y].[Y].[Y]. The van der Waals surface area contributed by atoms with Crippen molar-refractivity contribution in [2.24, 2.45) is 0 Å². The molecule has 0 aliphatic heterocycles. The van der Waals surface area contributed by atoms with Crippen molar-refractivity contribution in [2.75, 3.05) is 0 Å². The minimum Gasteiger partial charge on any atom is -0.665 e. The standard InChI is InChI=1S/C3H5O.C3H7.8C2H3O2.C2H3O.CHO2.CH4.3CH3.6Y/c1-3(2)4;1-3-2;8*1-2(3)4;1-2-3;2-1-3;;;;;;;;;;/h1H2,2H3;1,3H2,2H3;8*1H2,(H,3,4);1H3;(H,2,3);1H4;3*1H3;;;;;;/q12*-1;;3*-1;;;;3*+3. The molecule has 0 unspecified atom stereocenters. The van der Waals surface area contributed by atoms with Crippen LogP contribution < -0.4 is 0 Å². The number of rotatable bonds is 0. The summed E-state index contributed by atoms with van der Waals surface area (Å²) in [5, 5.41) is 65.2. The van der Waals surface area contributed by atoms with Crippen LogP contribution in [0.25, 0.3) is 0 Å². The Morgan fingerprint density at radius 1 is 0.455 bits per heavy atom. The molecule has 0 saturated heterocycles. The zero-order chi connectivity index (χ0) is 40.3. The summed E-state index contributed by atoms with van der Waals surface area (Å²) in [7, 11) is 0. The number of aliphatic hydroxyl groups excluding tert-OH is 1. The molecular formula is C29H53O20Y6-6. The minimum atomic E-state index is -1.08. The van der Waals surface area contributed by atoms with E-state index in [9.17, 15) is 4.79 Å². The van der Waals surface area contributed by atoms with Crippen LogP contribution in [0.4, 0.5) is 0 Å². The van der Waals surface area contributed by atoms with Gasteiger partial charge in [-0.25, -0.2) is 0 Å². The van der Waals surface area contributed by atoms with Gasteiger partial charge in [0.05, 0.1) is 0 Å². The van der Waals surface area contributed by atoms with Crippen molar-refractivity contribution in [1.82, 2.24) is 0 Å². The summed E-state index contributed by atoms with van der Waals surface area (Å²) in [5.74, 6) is -8.75. The van der Waals surface area contributed by atoms with Gasteiger partial charge in [0.2, 0.25) is 0 Å². The Hall–Kier alpha value is 0.0234. The predicted molar refractivity (Wildman–Crippen MR) is 181 cm³/mol. The number of ketones is 1. The smallest absolute Gasteiger partial charge is 0.665 e. The van der Waals surface area contributed by atoms with Crippen molar-refractivity contribution in [3.8, 4) is 0 Å². The first-order valence-electron chi connectivity index (χ1n) is 9.65. The van der Waals surface area contributed by atoms with Crippen LogP contribution in [0.15, 0.2) is 0 Å². The van der Waals surface area contributed by atoms with Crippen molar-refractivity contribution in [3.05, 3.63) is 91.5 Å². The molecule has 0 aromatic carbocycles. The Bertz CT molecular complexity index is 546. The van der Waals surface area contributed by atoms with Gasteiger partial charge in [0.25, 0.3) is 0 Å². The molecule has 0 saturated carbocycles. The Balaban J connectivity index is -0.0000000106. The van der Waals surface area contributed by atoms with E-state index in [4.69, 9.17) is 93.9 Å². The van der Waals surface area contributed by atoms with Crippen LogP contribution in [-0.2, 0) is 249 Å². The molecule has 0 heterocycles. The van der Waals surface area contributed by atoms with Crippen molar-refractivity contribution in [2.45, 2.75) is 34.6 Å². The Labute approximate surface area is 479 Å². The van der Waals surface area contributed by atoms with E-state index in [-0.39, 0.29) is 232 Å². The summed E-state index contributed by atoms with van der Waals surface area (Å²) in [4.78, 5) is 97.4. The van der Waals surface area contributed by atoms with Gasteiger partial charge in [-0.3, -0.25) is 100 Å². The van der Waals surface area contributed by atoms with Crippen LogP contribution in [-0.4, -0.2) is 112 Å². The van der Waals surface area contributed by atoms with Gasteiger partial charge >= 0.3 is 98.1 Å². The Kier molecular flexibility index (Phi) is 451. The average molecular weight is 1260 g/mol. The van der Waals surface area contributed by atoms with Crippen LogP contribution in [0, 0.1) is 91.5 Å². The molecule has 9 N–H and O–H groups in total. The van der Waals surface area contributed by atoms with Gasteiger partial charge in [0.1, 0.15) is 0 Å². The summed E-state index contributed by atoms with van der Waals surface area (Å²) < 4.78 is 0. The van der Waals surface area contributed by atoms with Gasteiger partial charge in [-0.15, -0.1) is 0 Å². The third-order valence-corrected chi connectivity index (χ3v) is 0. The van der Waals surface area contributed by atoms with Crippen molar-refractivity contribution < 1.29 is 295 Å². The third-order valence-electron chi connectivity index (χ3n) is 0. The number of carbonyl (C=O) groups excluding carboxylic acids is 2. The maximum absolute atomic E-state index is 9.33. The fraction of sp³-hybridized carbons (Fsp3) is 0.172. The number of hydrogen-bond acceptors (Lipinski definition) is 11. The second kappa shape index (κ2) is 168. The molecule has 26 heteroatoms. The quantitative estimate of drug-likeness (QED) is 0.157. The van der Waals surface area contributed by atoms with Crippen molar-refractivity contribution in [1.29, 1.82) is 0 Å². The molecule has 0 rings (SSSR count). The predicted octanol–water partition coefficient (Wildman–Crippen LogP) is 2.58. The fourth-order valence-corrected chi connectivity index (χ4v) is 0. The summed E-state index contributed by atoms with van der Waals surface area (Å²) in [6, 6.07) is 0. The summed E-state index contributed by atoms with van der Waals surface area (Å²) in [6.45, 7) is 32.2. The van der Waals surface area contributed by atoms with Gasteiger partial charge in [-0.05, 0) is 12.7 Å². The van der Waals surface area contributed by atoms with E-state index >= 15 is 0 Å². The molecule has 55 heavy (non-hydrogen) atoms. The molecular weight excluding hydrogens is 1200 g/mol. The number of carbonyl (C=O) groups is 9. The van der Waals surface area contributed by atoms with Gasteiger partial charge in [-0.1, -0.05) is 20.8 Å². The molecule has 3 radical (unpaired) electrons. The van der Waals surface area contributed by atoms with Gasteiger partial charge in [0.15, 0.2) is 47.8 Å². The van der Waals surface area contributed by atoms with E-state index in [2.05, 4.69) is 69.2 Å². The monoisotopic (exact) mass is 1250 g/mol. The van der Waals surface area contributed by atoms with Crippen LogP contribution >= 0.6 is 0 Å². The van der Waals surface area contributed by atoms with Crippen molar-refractivity contribution >= 4 is 66.3 Å². The van der Waals surface area contributed by atoms with E-state index in [1.54, 1.807) is 0 Å². The Morgan fingerprint density at radius 3 is 0.455 bits per heavy atom. The molecule has 0 atom stereocenters. The first kappa shape index (κ1) is 147. The largest absolute Gasteiger partial charge is 3.00 e. The molecule has 0 aromatic heterocycles. The average Bonchev–Trinajstić information content (AvgIpc) is 2.65. The second-order valence-electron chi connectivity index (χ2n) is 4.65. The number of hydrogen-bond donors (Lipinski definition) is 9. The van der Waals surface area contributed by atoms with E-state index in [0.717, 1.165) is 6.42 Å². The number of aliphatic carboxylic acids is 8.